The molecule has 18 heavy (non-hydrogen) atoms. The Morgan fingerprint density at radius 1 is 1.28 bits per heavy atom. The second-order valence-electron chi connectivity index (χ2n) is 5.51. The molecule has 0 radical (unpaired) electrons. The summed E-state index contributed by atoms with van der Waals surface area (Å²) in [5, 5.41) is 3.62. The molecule has 3 nitrogen and oxygen atoms in total. The summed E-state index contributed by atoms with van der Waals surface area (Å²) < 4.78 is 2.29. The van der Waals surface area contributed by atoms with E-state index in [1.54, 1.807) is 0 Å². The molecule has 0 aliphatic rings. The van der Waals surface area contributed by atoms with Crippen LogP contribution >= 0.6 is 0 Å². The SMILES string of the molecule is CCCn1ccnc1CC(NCC)C(C)C(C)C. The van der Waals surface area contributed by atoms with Crippen LogP contribution in [0, 0.1) is 11.8 Å². The summed E-state index contributed by atoms with van der Waals surface area (Å²) >= 11 is 0. The number of imidazole rings is 1. The molecule has 1 heterocycles. The van der Waals surface area contributed by atoms with E-state index in [2.05, 4.69) is 55.7 Å². The Balaban J connectivity index is 2.73. The van der Waals surface area contributed by atoms with Crippen molar-refractivity contribution in [2.75, 3.05) is 6.54 Å². The smallest absolute Gasteiger partial charge is 0.110 e. The topological polar surface area (TPSA) is 29.9 Å². The van der Waals surface area contributed by atoms with E-state index in [1.807, 2.05) is 6.20 Å². The molecule has 0 aromatic carbocycles. The molecule has 0 saturated carbocycles. The highest BCUT2D eigenvalue weighted by molar-refractivity contribution is 4.97. The highest BCUT2D eigenvalue weighted by Gasteiger charge is 2.21. The molecule has 0 bridgehead atoms. The third-order valence-electron chi connectivity index (χ3n) is 3.82. The van der Waals surface area contributed by atoms with Crippen LogP contribution in [0.2, 0.25) is 0 Å². The Morgan fingerprint density at radius 3 is 2.56 bits per heavy atom. The van der Waals surface area contributed by atoms with Gasteiger partial charge >= 0.3 is 0 Å². The summed E-state index contributed by atoms with van der Waals surface area (Å²) in [6, 6.07) is 0.521. The Bertz CT molecular complexity index is 330. The van der Waals surface area contributed by atoms with Gasteiger partial charge in [-0.1, -0.05) is 34.6 Å². The zero-order chi connectivity index (χ0) is 13.5. The van der Waals surface area contributed by atoms with Gasteiger partial charge < -0.3 is 9.88 Å². The van der Waals surface area contributed by atoms with Gasteiger partial charge in [-0.05, 0) is 24.8 Å². The fourth-order valence-electron chi connectivity index (χ4n) is 2.34. The zero-order valence-electron chi connectivity index (χ0n) is 12.6. The molecule has 0 aliphatic carbocycles. The predicted molar refractivity (Wildman–Crippen MR) is 77.7 cm³/mol. The van der Waals surface area contributed by atoms with E-state index in [4.69, 9.17) is 0 Å². The third-order valence-corrected chi connectivity index (χ3v) is 3.82. The summed E-state index contributed by atoms with van der Waals surface area (Å²) in [7, 11) is 0. The molecule has 1 aromatic rings. The lowest BCUT2D eigenvalue weighted by Gasteiger charge is -2.27. The second kappa shape index (κ2) is 7.57. The second-order valence-corrected chi connectivity index (χ2v) is 5.51. The van der Waals surface area contributed by atoms with Crippen molar-refractivity contribution >= 4 is 0 Å². The molecule has 0 amide bonds. The van der Waals surface area contributed by atoms with Gasteiger partial charge in [-0.15, -0.1) is 0 Å². The van der Waals surface area contributed by atoms with Crippen molar-refractivity contribution in [2.24, 2.45) is 11.8 Å². The minimum atomic E-state index is 0.521. The first-order valence-corrected chi connectivity index (χ1v) is 7.33. The van der Waals surface area contributed by atoms with E-state index in [0.717, 1.165) is 25.9 Å². The van der Waals surface area contributed by atoms with Gasteiger partial charge in [-0.25, -0.2) is 4.98 Å². The van der Waals surface area contributed by atoms with Crippen molar-refractivity contribution in [3.63, 3.8) is 0 Å². The monoisotopic (exact) mass is 251 g/mol. The van der Waals surface area contributed by atoms with E-state index in [1.165, 1.54) is 5.82 Å². The lowest BCUT2D eigenvalue weighted by Crippen LogP contribution is -2.39. The fraction of sp³-hybridized carbons (Fsp3) is 0.800. The number of nitrogens with zero attached hydrogens (tertiary/aromatic N) is 2. The first kappa shape index (κ1) is 15.2. The van der Waals surface area contributed by atoms with Crippen molar-refractivity contribution < 1.29 is 0 Å². The van der Waals surface area contributed by atoms with Crippen molar-refractivity contribution in [1.82, 2.24) is 14.9 Å². The molecule has 1 N–H and O–H groups in total. The largest absolute Gasteiger partial charge is 0.335 e. The molecule has 0 aliphatic heterocycles. The van der Waals surface area contributed by atoms with Gasteiger partial charge in [0.05, 0.1) is 0 Å². The highest BCUT2D eigenvalue weighted by atomic mass is 15.1. The fourth-order valence-corrected chi connectivity index (χ4v) is 2.34. The van der Waals surface area contributed by atoms with Gasteiger partial charge in [0.15, 0.2) is 0 Å². The Labute approximate surface area is 112 Å². The number of aromatic nitrogens is 2. The number of aryl methyl sites for hydroxylation is 1. The summed E-state index contributed by atoms with van der Waals surface area (Å²) in [6.45, 7) is 13.4. The Hall–Kier alpha value is -0.830. The minimum absolute atomic E-state index is 0.521. The van der Waals surface area contributed by atoms with Crippen molar-refractivity contribution in [2.45, 2.75) is 60.0 Å². The van der Waals surface area contributed by atoms with Gasteiger partial charge in [-0.3, -0.25) is 0 Å². The number of nitrogens with one attached hydrogen (secondary N) is 1. The maximum Gasteiger partial charge on any atom is 0.110 e. The van der Waals surface area contributed by atoms with E-state index in [0.29, 0.717) is 17.9 Å². The molecule has 0 fully saturated rings. The van der Waals surface area contributed by atoms with Crippen LogP contribution in [0.25, 0.3) is 0 Å². The average molecular weight is 251 g/mol. The number of hydrogen-bond donors (Lipinski definition) is 1. The standard InChI is InChI=1S/C15H29N3/c1-6-9-18-10-8-17-15(18)11-14(16-7-2)13(5)12(3)4/h8,10,12-14,16H,6-7,9,11H2,1-5H3. The van der Waals surface area contributed by atoms with Crippen LogP contribution in [0.5, 0.6) is 0 Å². The summed E-state index contributed by atoms with van der Waals surface area (Å²) in [5.74, 6) is 2.58. The molecule has 2 unspecified atom stereocenters. The predicted octanol–water partition coefficient (Wildman–Crippen LogP) is 3.11. The van der Waals surface area contributed by atoms with Gasteiger partial charge in [0.25, 0.3) is 0 Å². The molecule has 0 saturated heterocycles. The number of likely N-dealkylation sites (N-methyl/N-ethyl adjacent to an activating group) is 1. The molecule has 0 spiro atoms. The third kappa shape index (κ3) is 4.13. The van der Waals surface area contributed by atoms with Crippen LogP contribution < -0.4 is 5.32 Å². The maximum absolute atomic E-state index is 4.52. The van der Waals surface area contributed by atoms with E-state index in [9.17, 15) is 0 Å². The Morgan fingerprint density at radius 2 is 2.00 bits per heavy atom. The normalized spacial score (nSPS) is 15.0. The van der Waals surface area contributed by atoms with Crippen LogP contribution in [0.15, 0.2) is 12.4 Å². The quantitative estimate of drug-likeness (QED) is 0.769. The van der Waals surface area contributed by atoms with Crippen LogP contribution in [-0.2, 0) is 13.0 Å². The van der Waals surface area contributed by atoms with Gasteiger partial charge in [-0.2, -0.15) is 0 Å². The highest BCUT2D eigenvalue weighted by Crippen LogP contribution is 2.18. The summed E-state index contributed by atoms with van der Waals surface area (Å²) in [5.41, 5.74) is 0. The molecule has 104 valence electrons. The molecule has 1 rings (SSSR count). The maximum atomic E-state index is 4.52. The average Bonchev–Trinajstić information content (AvgIpc) is 2.75. The van der Waals surface area contributed by atoms with E-state index in [-0.39, 0.29) is 0 Å². The lowest BCUT2D eigenvalue weighted by atomic mass is 9.88. The first-order valence-electron chi connectivity index (χ1n) is 7.33. The van der Waals surface area contributed by atoms with Gasteiger partial charge in [0.2, 0.25) is 0 Å². The molecular weight excluding hydrogens is 222 g/mol. The minimum Gasteiger partial charge on any atom is -0.335 e. The van der Waals surface area contributed by atoms with Gasteiger partial charge in [0, 0.05) is 31.4 Å². The summed E-state index contributed by atoms with van der Waals surface area (Å²) in [4.78, 5) is 4.52. The molecule has 1 aromatic heterocycles. The van der Waals surface area contributed by atoms with Crippen LogP contribution in [-0.4, -0.2) is 22.1 Å². The van der Waals surface area contributed by atoms with Crippen LogP contribution in [0.4, 0.5) is 0 Å². The van der Waals surface area contributed by atoms with Crippen LogP contribution in [0.3, 0.4) is 0 Å². The van der Waals surface area contributed by atoms with Gasteiger partial charge in [0.1, 0.15) is 5.82 Å². The Kier molecular flexibility index (Phi) is 6.41. The van der Waals surface area contributed by atoms with Crippen molar-refractivity contribution in [3.05, 3.63) is 18.2 Å². The first-order chi connectivity index (χ1) is 8.60. The lowest BCUT2D eigenvalue weighted by molar-refractivity contribution is 0.295. The number of rotatable bonds is 8. The van der Waals surface area contributed by atoms with E-state index < -0.39 is 0 Å². The van der Waals surface area contributed by atoms with Crippen molar-refractivity contribution in [3.8, 4) is 0 Å². The summed E-state index contributed by atoms with van der Waals surface area (Å²) in [6.07, 6.45) is 6.21. The molecular formula is C15H29N3. The molecule has 2 atom stereocenters. The number of hydrogen-bond acceptors (Lipinski definition) is 2. The van der Waals surface area contributed by atoms with Crippen molar-refractivity contribution in [1.29, 1.82) is 0 Å². The molecule has 3 heteroatoms. The van der Waals surface area contributed by atoms with Crippen LogP contribution in [0.1, 0.15) is 46.9 Å². The van der Waals surface area contributed by atoms with E-state index >= 15 is 0 Å². The zero-order valence-corrected chi connectivity index (χ0v) is 12.6.